The second kappa shape index (κ2) is 7.09. The number of allylic oxidation sites excluding steroid dienone is 1. The molecule has 22 heavy (non-hydrogen) atoms. The lowest BCUT2D eigenvalue weighted by Gasteiger charge is -2.08. The van der Waals surface area contributed by atoms with Crippen molar-refractivity contribution in [3.8, 4) is 11.8 Å². The fourth-order valence-corrected chi connectivity index (χ4v) is 2.05. The van der Waals surface area contributed by atoms with Gasteiger partial charge in [-0.15, -0.1) is 0 Å². The third-order valence-corrected chi connectivity index (χ3v) is 3.05. The van der Waals surface area contributed by atoms with Gasteiger partial charge in [0.15, 0.2) is 0 Å². The van der Waals surface area contributed by atoms with Crippen molar-refractivity contribution in [2.75, 3.05) is 6.61 Å². The van der Waals surface area contributed by atoms with Crippen LogP contribution in [0.1, 0.15) is 28.4 Å². The van der Waals surface area contributed by atoms with Crippen LogP contribution in [-0.4, -0.2) is 17.7 Å². The summed E-state index contributed by atoms with van der Waals surface area (Å²) in [6.07, 6.45) is 1.66. The first-order valence-electron chi connectivity index (χ1n) is 6.83. The van der Waals surface area contributed by atoms with Crippen LogP contribution in [0.5, 0.6) is 5.75 Å². The van der Waals surface area contributed by atoms with Crippen LogP contribution in [0.2, 0.25) is 0 Å². The third-order valence-electron chi connectivity index (χ3n) is 3.05. The van der Waals surface area contributed by atoms with Crippen molar-refractivity contribution in [3.05, 3.63) is 65.2 Å². The van der Waals surface area contributed by atoms with Crippen LogP contribution < -0.4 is 4.74 Å². The van der Waals surface area contributed by atoms with E-state index in [0.717, 1.165) is 5.56 Å². The van der Waals surface area contributed by atoms with E-state index in [9.17, 15) is 15.2 Å². The minimum Gasteiger partial charge on any atom is -0.493 e. The molecule has 110 valence electrons. The van der Waals surface area contributed by atoms with Gasteiger partial charge in [-0.25, -0.2) is 4.79 Å². The molecular weight excluding hydrogens is 278 g/mol. The zero-order chi connectivity index (χ0) is 15.9. The van der Waals surface area contributed by atoms with E-state index < -0.39 is 5.97 Å². The smallest absolute Gasteiger partial charge is 0.339 e. The first-order valence-corrected chi connectivity index (χ1v) is 6.83. The van der Waals surface area contributed by atoms with Gasteiger partial charge in [-0.3, -0.25) is 0 Å². The minimum atomic E-state index is -1.06. The molecule has 2 aromatic rings. The van der Waals surface area contributed by atoms with Crippen LogP contribution in [0.25, 0.3) is 11.6 Å². The molecule has 1 N–H and O–H groups in total. The second-order valence-electron chi connectivity index (χ2n) is 4.53. The van der Waals surface area contributed by atoms with Crippen molar-refractivity contribution in [1.82, 2.24) is 0 Å². The van der Waals surface area contributed by atoms with Crippen LogP contribution in [0.3, 0.4) is 0 Å². The average molecular weight is 293 g/mol. The standard InChI is InChI=1S/C18H15NO3/c1-2-22-17-9-8-13(11-16(17)18(20)21)10-15(12-19)14-6-4-3-5-7-14/h3-11H,2H2,1H3,(H,20,21). The molecule has 0 saturated carbocycles. The Kier molecular flexibility index (Phi) is 4.94. The van der Waals surface area contributed by atoms with Gasteiger partial charge in [-0.05, 0) is 36.3 Å². The summed E-state index contributed by atoms with van der Waals surface area (Å²) in [5, 5.41) is 18.6. The first-order chi connectivity index (χ1) is 10.7. The molecule has 0 aliphatic carbocycles. The molecule has 0 bridgehead atoms. The maximum absolute atomic E-state index is 11.3. The van der Waals surface area contributed by atoms with Crippen LogP contribution in [-0.2, 0) is 0 Å². The Balaban J connectivity index is 2.44. The van der Waals surface area contributed by atoms with Crippen molar-refractivity contribution >= 4 is 17.6 Å². The fourth-order valence-electron chi connectivity index (χ4n) is 2.05. The summed E-state index contributed by atoms with van der Waals surface area (Å²) in [6, 6.07) is 16.2. The topological polar surface area (TPSA) is 70.3 Å². The van der Waals surface area contributed by atoms with Gasteiger partial charge >= 0.3 is 5.97 Å². The summed E-state index contributed by atoms with van der Waals surface area (Å²) in [7, 11) is 0. The molecule has 0 aliphatic heterocycles. The van der Waals surface area contributed by atoms with E-state index in [0.29, 0.717) is 23.5 Å². The number of hydrogen-bond acceptors (Lipinski definition) is 3. The molecule has 0 saturated heterocycles. The SMILES string of the molecule is CCOc1ccc(C=C(C#N)c2ccccc2)cc1C(=O)O. The van der Waals surface area contributed by atoms with Gasteiger partial charge in [0.1, 0.15) is 11.3 Å². The van der Waals surface area contributed by atoms with Gasteiger partial charge in [-0.2, -0.15) is 5.26 Å². The van der Waals surface area contributed by atoms with E-state index >= 15 is 0 Å². The molecule has 2 aromatic carbocycles. The van der Waals surface area contributed by atoms with Gasteiger partial charge in [0, 0.05) is 0 Å². The number of ether oxygens (including phenoxy) is 1. The molecule has 0 radical (unpaired) electrons. The van der Waals surface area contributed by atoms with Crippen LogP contribution >= 0.6 is 0 Å². The normalized spacial score (nSPS) is 10.8. The highest BCUT2D eigenvalue weighted by atomic mass is 16.5. The summed E-state index contributed by atoms with van der Waals surface area (Å²) >= 11 is 0. The largest absolute Gasteiger partial charge is 0.493 e. The highest BCUT2D eigenvalue weighted by Gasteiger charge is 2.12. The third kappa shape index (κ3) is 3.53. The quantitative estimate of drug-likeness (QED) is 0.671. The van der Waals surface area contributed by atoms with E-state index in [2.05, 4.69) is 6.07 Å². The minimum absolute atomic E-state index is 0.0842. The summed E-state index contributed by atoms with van der Waals surface area (Å²) < 4.78 is 5.30. The Morgan fingerprint density at radius 1 is 1.27 bits per heavy atom. The zero-order valence-corrected chi connectivity index (χ0v) is 12.1. The van der Waals surface area contributed by atoms with E-state index in [1.165, 1.54) is 6.07 Å². The predicted molar refractivity (Wildman–Crippen MR) is 84.5 cm³/mol. The van der Waals surface area contributed by atoms with E-state index in [1.54, 1.807) is 25.1 Å². The molecule has 0 aliphatic rings. The van der Waals surface area contributed by atoms with Gasteiger partial charge in [0.05, 0.1) is 18.2 Å². The average Bonchev–Trinajstić information content (AvgIpc) is 2.54. The monoisotopic (exact) mass is 293 g/mol. The maximum atomic E-state index is 11.3. The fraction of sp³-hybridized carbons (Fsp3) is 0.111. The van der Waals surface area contributed by atoms with Gasteiger partial charge in [0.2, 0.25) is 0 Å². The number of benzene rings is 2. The molecule has 0 fully saturated rings. The van der Waals surface area contributed by atoms with Gasteiger partial charge in [-0.1, -0.05) is 36.4 Å². The predicted octanol–water partition coefficient (Wildman–Crippen LogP) is 3.85. The summed E-state index contributed by atoms with van der Waals surface area (Å²) in [6.45, 7) is 2.19. The Hall–Kier alpha value is -3.06. The van der Waals surface area contributed by atoms with E-state index in [1.807, 2.05) is 30.3 Å². The number of aromatic carboxylic acids is 1. The van der Waals surface area contributed by atoms with Crippen molar-refractivity contribution in [2.45, 2.75) is 6.92 Å². The molecule has 0 unspecified atom stereocenters. The number of nitrogens with zero attached hydrogens (tertiary/aromatic N) is 1. The highest BCUT2D eigenvalue weighted by Crippen LogP contribution is 2.24. The number of carboxylic acid groups (broad SMARTS) is 1. The van der Waals surface area contributed by atoms with E-state index in [-0.39, 0.29) is 5.56 Å². The second-order valence-corrected chi connectivity index (χ2v) is 4.53. The molecule has 0 amide bonds. The number of hydrogen-bond donors (Lipinski definition) is 1. The molecule has 4 nitrogen and oxygen atoms in total. The first kappa shape index (κ1) is 15.3. The Labute approximate surface area is 128 Å². The summed E-state index contributed by atoms with van der Waals surface area (Å²) in [5.41, 5.74) is 1.99. The number of rotatable bonds is 5. The molecule has 0 atom stereocenters. The Bertz CT molecular complexity index is 743. The molecule has 0 spiro atoms. The number of nitriles is 1. The summed E-state index contributed by atoms with van der Waals surface area (Å²) in [5.74, 6) is -0.734. The Morgan fingerprint density at radius 3 is 2.59 bits per heavy atom. The van der Waals surface area contributed by atoms with Crippen LogP contribution in [0.4, 0.5) is 0 Å². The van der Waals surface area contributed by atoms with E-state index in [4.69, 9.17) is 4.74 Å². The summed E-state index contributed by atoms with van der Waals surface area (Å²) in [4.78, 5) is 11.3. The van der Waals surface area contributed by atoms with Gasteiger partial charge < -0.3 is 9.84 Å². The Morgan fingerprint density at radius 2 is 2.00 bits per heavy atom. The lowest BCUT2D eigenvalue weighted by Crippen LogP contribution is -2.03. The zero-order valence-electron chi connectivity index (χ0n) is 12.1. The molecule has 4 heteroatoms. The van der Waals surface area contributed by atoms with Crippen molar-refractivity contribution in [1.29, 1.82) is 5.26 Å². The van der Waals surface area contributed by atoms with Crippen molar-refractivity contribution in [3.63, 3.8) is 0 Å². The lowest BCUT2D eigenvalue weighted by molar-refractivity contribution is 0.0692. The number of carboxylic acids is 1. The van der Waals surface area contributed by atoms with Crippen molar-refractivity contribution in [2.24, 2.45) is 0 Å². The molecule has 0 heterocycles. The number of carbonyl (C=O) groups is 1. The van der Waals surface area contributed by atoms with Crippen molar-refractivity contribution < 1.29 is 14.6 Å². The van der Waals surface area contributed by atoms with Crippen LogP contribution in [0.15, 0.2) is 48.5 Å². The molecule has 0 aromatic heterocycles. The van der Waals surface area contributed by atoms with Gasteiger partial charge in [0.25, 0.3) is 0 Å². The molecule has 2 rings (SSSR count). The highest BCUT2D eigenvalue weighted by molar-refractivity contribution is 5.94. The van der Waals surface area contributed by atoms with Crippen LogP contribution in [0, 0.1) is 11.3 Å². The maximum Gasteiger partial charge on any atom is 0.339 e. The lowest BCUT2D eigenvalue weighted by atomic mass is 10.0. The molecular formula is C18H15NO3.